The molecule has 0 aliphatic carbocycles. The summed E-state index contributed by atoms with van der Waals surface area (Å²) in [5.41, 5.74) is 0. The van der Waals surface area contributed by atoms with Crippen molar-refractivity contribution >= 4 is 6.21 Å². The molecule has 3 nitrogen and oxygen atoms in total. The van der Waals surface area contributed by atoms with Gasteiger partial charge in [-0.05, 0) is 0 Å². The molecule has 1 rings (SSSR count). The molecule has 0 bridgehead atoms. The third-order valence-electron chi connectivity index (χ3n) is 0.788. The zero-order chi connectivity index (χ0) is 5.11. The molecular weight excluding hydrogens is 92.1 g/mol. The van der Waals surface area contributed by atoms with Crippen LogP contribution in [-0.2, 0) is 4.74 Å². The van der Waals surface area contributed by atoms with Crippen molar-refractivity contribution < 1.29 is 4.74 Å². The Morgan fingerprint density at radius 1 is 2.00 bits per heavy atom. The largest absolute Gasteiger partial charge is 0.347 e. The van der Waals surface area contributed by atoms with Crippen LogP contribution in [0.2, 0.25) is 0 Å². The second-order valence-electron chi connectivity index (χ2n) is 1.26. The van der Waals surface area contributed by atoms with E-state index in [0.29, 0.717) is 6.54 Å². The van der Waals surface area contributed by atoms with Crippen LogP contribution in [0.1, 0.15) is 0 Å². The number of hydrogen-bond donors (Lipinski definition) is 1. The smallest absolute Gasteiger partial charge is 0.204 e. The van der Waals surface area contributed by atoms with Crippen LogP contribution in [0.25, 0.3) is 0 Å². The van der Waals surface area contributed by atoms with E-state index in [4.69, 9.17) is 4.74 Å². The third-order valence-corrected chi connectivity index (χ3v) is 0.788. The molecule has 0 aromatic heterocycles. The van der Waals surface area contributed by atoms with Crippen molar-refractivity contribution in [1.82, 2.24) is 5.32 Å². The number of rotatable bonds is 1. The van der Waals surface area contributed by atoms with E-state index in [1.54, 1.807) is 7.11 Å². The first-order chi connectivity index (χ1) is 3.43. The average molecular weight is 99.1 g/mol. The first-order valence-corrected chi connectivity index (χ1v) is 2.12. The topological polar surface area (TPSA) is 33.6 Å². The first kappa shape index (κ1) is 4.74. The Kier molecular flexibility index (Phi) is 1.38. The Balaban J connectivity index is 2.28. The molecule has 0 amide bonds. The normalized spacial score (nSPS) is 29.0. The van der Waals surface area contributed by atoms with E-state index in [9.17, 15) is 0 Å². The number of nitrogens with zero attached hydrogens (tertiary/aromatic N) is 1. The highest BCUT2D eigenvalue weighted by Crippen LogP contribution is 1.88. The van der Waals surface area contributed by atoms with E-state index in [0.717, 1.165) is 0 Å². The first-order valence-electron chi connectivity index (χ1n) is 2.12. The molecule has 0 fully saturated rings. The Bertz CT molecular complexity index is 81.8. The van der Waals surface area contributed by atoms with E-state index >= 15 is 0 Å². The van der Waals surface area contributed by atoms with Crippen molar-refractivity contribution in [2.45, 2.75) is 6.35 Å². The lowest BCUT2D eigenvalue weighted by Crippen LogP contribution is -2.23. The molecule has 3 heteroatoms. The summed E-state index contributed by atoms with van der Waals surface area (Å²) in [6.45, 7) is 0.707. The fourth-order valence-corrected chi connectivity index (χ4v) is 0.443. The molecule has 0 spiro atoms. The van der Waals surface area contributed by atoms with Gasteiger partial charge in [0.05, 0.1) is 6.21 Å². The van der Waals surface area contributed by atoms with Gasteiger partial charge in [-0.25, -0.2) is 4.99 Å². The van der Waals surface area contributed by atoms with Crippen molar-refractivity contribution in [3.63, 3.8) is 0 Å². The fourth-order valence-electron chi connectivity index (χ4n) is 0.443. The van der Waals surface area contributed by atoms with Crippen LogP contribution < -0.4 is 5.32 Å². The van der Waals surface area contributed by atoms with Gasteiger partial charge in [-0.2, -0.15) is 0 Å². The van der Waals surface area contributed by atoms with E-state index in [1.165, 1.54) is 0 Å². The Morgan fingerprint density at radius 2 is 2.86 bits per heavy atom. The maximum absolute atomic E-state index is 4.77. The highest BCUT2D eigenvalue weighted by Gasteiger charge is 2.04. The molecule has 7 heavy (non-hydrogen) atoms. The van der Waals surface area contributed by atoms with Gasteiger partial charge in [-0.15, -0.1) is 0 Å². The summed E-state index contributed by atoms with van der Waals surface area (Å²) in [6, 6.07) is 0. The van der Waals surface area contributed by atoms with Crippen LogP contribution >= 0.6 is 0 Å². The summed E-state index contributed by atoms with van der Waals surface area (Å²) >= 11 is 0. The van der Waals surface area contributed by atoms with Crippen LogP contribution in [0.5, 0.6) is 0 Å². The molecule has 39 valence electrons. The average Bonchev–Trinajstić information content (AvgIpc) is 2.14. The van der Waals surface area contributed by atoms with Crippen molar-refractivity contribution in [2.75, 3.05) is 13.7 Å². The highest BCUT2D eigenvalue weighted by atomic mass is 16.5. The minimum Gasteiger partial charge on any atom is -0.347 e. The van der Waals surface area contributed by atoms with Crippen LogP contribution in [0, 0.1) is 0 Å². The lowest BCUT2D eigenvalue weighted by atomic mass is 10.8. The molecule has 1 aliphatic heterocycles. The van der Waals surface area contributed by atoms with Crippen molar-refractivity contribution in [2.24, 2.45) is 4.99 Å². The standard InChI is InChI=1S/C4H7N2O/c1-7-4-5-2-3-6-4/h4-5H,2H2,1H3. The summed E-state index contributed by atoms with van der Waals surface area (Å²) in [4.78, 5) is 3.77. The number of aliphatic imine (C=N–C) groups is 1. The summed E-state index contributed by atoms with van der Waals surface area (Å²) in [5, 5.41) is 2.91. The highest BCUT2D eigenvalue weighted by molar-refractivity contribution is 5.61. The van der Waals surface area contributed by atoms with Gasteiger partial charge in [-0.1, -0.05) is 0 Å². The van der Waals surface area contributed by atoms with Crippen molar-refractivity contribution in [3.8, 4) is 0 Å². The summed E-state index contributed by atoms with van der Waals surface area (Å²) in [7, 11) is 1.61. The number of nitrogens with one attached hydrogen (secondary N) is 1. The zero-order valence-corrected chi connectivity index (χ0v) is 4.14. The zero-order valence-electron chi connectivity index (χ0n) is 4.14. The van der Waals surface area contributed by atoms with Gasteiger partial charge in [0.2, 0.25) is 6.35 Å². The van der Waals surface area contributed by atoms with Crippen LogP contribution in [0.15, 0.2) is 4.99 Å². The molecule has 1 radical (unpaired) electrons. The second-order valence-corrected chi connectivity index (χ2v) is 1.26. The van der Waals surface area contributed by atoms with Gasteiger partial charge in [-0.3, -0.25) is 5.32 Å². The van der Waals surface area contributed by atoms with E-state index in [-0.39, 0.29) is 6.35 Å². The van der Waals surface area contributed by atoms with Gasteiger partial charge in [0, 0.05) is 13.7 Å². The summed E-state index contributed by atoms with van der Waals surface area (Å²) in [6.07, 6.45) is 2.57. The quantitative estimate of drug-likeness (QED) is 0.479. The lowest BCUT2D eigenvalue weighted by Gasteiger charge is -2.01. The lowest BCUT2D eigenvalue weighted by molar-refractivity contribution is 0.0934. The maximum Gasteiger partial charge on any atom is 0.204 e. The molecular formula is C4H7N2O. The minimum absolute atomic E-state index is 0.139. The van der Waals surface area contributed by atoms with Crippen LogP contribution in [0.3, 0.4) is 0 Å². The number of methoxy groups -OCH3 is 1. The molecule has 0 aromatic rings. The summed E-state index contributed by atoms with van der Waals surface area (Å²) in [5.74, 6) is 0. The predicted molar refractivity (Wildman–Crippen MR) is 26.2 cm³/mol. The molecule has 1 N–H and O–H groups in total. The fraction of sp³-hybridized carbons (Fsp3) is 0.750. The van der Waals surface area contributed by atoms with Gasteiger partial charge in [0.15, 0.2) is 0 Å². The van der Waals surface area contributed by atoms with Gasteiger partial charge >= 0.3 is 0 Å². The Labute approximate surface area is 42.4 Å². The molecule has 1 aliphatic rings. The molecule has 1 unspecified atom stereocenters. The monoisotopic (exact) mass is 99.1 g/mol. The van der Waals surface area contributed by atoms with Gasteiger partial charge in [0.25, 0.3) is 0 Å². The maximum atomic E-state index is 4.77. The van der Waals surface area contributed by atoms with E-state index in [1.807, 2.05) is 0 Å². The molecule has 1 atom stereocenters. The number of ether oxygens (including phenoxy) is 1. The SMILES string of the molecule is COC1N=[C]CN1. The van der Waals surface area contributed by atoms with Gasteiger partial charge < -0.3 is 4.74 Å². The van der Waals surface area contributed by atoms with Crippen molar-refractivity contribution in [1.29, 1.82) is 0 Å². The second kappa shape index (κ2) is 2.04. The molecule has 1 heterocycles. The van der Waals surface area contributed by atoms with E-state index in [2.05, 4.69) is 16.5 Å². The Hall–Kier alpha value is -0.410. The molecule has 0 saturated carbocycles. The predicted octanol–water partition coefficient (Wildman–Crippen LogP) is -0.533. The van der Waals surface area contributed by atoms with Gasteiger partial charge in [0.1, 0.15) is 0 Å². The Morgan fingerprint density at radius 3 is 3.14 bits per heavy atom. The van der Waals surface area contributed by atoms with Crippen LogP contribution in [0.4, 0.5) is 0 Å². The number of hydrogen-bond acceptors (Lipinski definition) is 3. The summed E-state index contributed by atoms with van der Waals surface area (Å²) < 4.78 is 4.77. The van der Waals surface area contributed by atoms with E-state index < -0.39 is 0 Å². The van der Waals surface area contributed by atoms with Crippen molar-refractivity contribution in [3.05, 3.63) is 0 Å². The van der Waals surface area contributed by atoms with Crippen LogP contribution in [-0.4, -0.2) is 26.2 Å². The minimum atomic E-state index is -0.139. The third kappa shape index (κ3) is 0.976. The molecule has 0 saturated heterocycles. The molecule has 0 aromatic carbocycles.